The van der Waals surface area contributed by atoms with Gasteiger partial charge in [0.05, 0.1) is 19.9 Å². The molecule has 7 nitrogen and oxygen atoms in total. The third kappa shape index (κ3) is 3.51. The molecule has 134 valence electrons. The number of anilines is 2. The van der Waals surface area contributed by atoms with E-state index in [9.17, 15) is 14.4 Å². The molecule has 0 atom stereocenters. The molecule has 0 unspecified atom stereocenters. The summed E-state index contributed by atoms with van der Waals surface area (Å²) in [6.45, 7) is 0. The predicted octanol–water partition coefficient (Wildman–Crippen LogP) is 2.61. The maximum atomic E-state index is 12.6. The second-order valence-corrected chi connectivity index (χ2v) is 5.73. The van der Waals surface area contributed by atoms with Crippen molar-refractivity contribution in [2.24, 2.45) is 0 Å². The van der Waals surface area contributed by atoms with Gasteiger partial charge in [0.1, 0.15) is 11.5 Å². The van der Waals surface area contributed by atoms with Gasteiger partial charge in [-0.15, -0.1) is 0 Å². The smallest absolute Gasteiger partial charge is 0.255 e. The molecule has 3 rings (SSSR count). The quantitative estimate of drug-likeness (QED) is 0.835. The second-order valence-electron chi connectivity index (χ2n) is 5.73. The average Bonchev–Trinajstić information content (AvgIpc) is 2.99. The first-order valence-corrected chi connectivity index (χ1v) is 8.02. The highest BCUT2D eigenvalue weighted by Crippen LogP contribution is 2.27. The van der Waals surface area contributed by atoms with E-state index in [0.29, 0.717) is 28.4 Å². The predicted molar refractivity (Wildman–Crippen MR) is 95.7 cm³/mol. The van der Waals surface area contributed by atoms with Crippen molar-refractivity contribution in [3.05, 3.63) is 48.0 Å². The topological polar surface area (TPSA) is 84.9 Å². The zero-order valence-corrected chi connectivity index (χ0v) is 14.4. The summed E-state index contributed by atoms with van der Waals surface area (Å²) in [5, 5.41) is 2.76. The van der Waals surface area contributed by atoms with Crippen molar-refractivity contribution in [3.63, 3.8) is 0 Å². The molecule has 1 fully saturated rings. The Morgan fingerprint density at radius 3 is 2.15 bits per heavy atom. The number of ether oxygens (including phenoxy) is 2. The largest absolute Gasteiger partial charge is 0.497 e. The summed E-state index contributed by atoms with van der Waals surface area (Å²) in [4.78, 5) is 37.4. The minimum absolute atomic E-state index is 0.193. The number of methoxy groups -OCH3 is 2. The number of rotatable bonds is 5. The lowest BCUT2D eigenvalue weighted by Crippen LogP contribution is -2.28. The van der Waals surface area contributed by atoms with E-state index in [0.717, 1.165) is 4.90 Å². The van der Waals surface area contributed by atoms with Gasteiger partial charge in [-0.2, -0.15) is 0 Å². The van der Waals surface area contributed by atoms with Crippen LogP contribution in [0.2, 0.25) is 0 Å². The van der Waals surface area contributed by atoms with Crippen LogP contribution in [0.15, 0.2) is 42.5 Å². The van der Waals surface area contributed by atoms with Crippen molar-refractivity contribution in [1.29, 1.82) is 0 Å². The van der Waals surface area contributed by atoms with E-state index in [-0.39, 0.29) is 30.6 Å². The number of benzene rings is 2. The lowest BCUT2D eigenvalue weighted by molar-refractivity contribution is -0.121. The number of carbonyl (C=O) groups excluding carboxylic acids is 3. The van der Waals surface area contributed by atoms with Gasteiger partial charge in [0, 0.05) is 42.3 Å². The normalized spacial score (nSPS) is 13.7. The number of hydrogen-bond donors (Lipinski definition) is 1. The zero-order chi connectivity index (χ0) is 18.7. The first-order chi connectivity index (χ1) is 12.5. The van der Waals surface area contributed by atoms with Gasteiger partial charge < -0.3 is 14.8 Å². The minimum Gasteiger partial charge on any atom is -0.497 e. The molecule has 7 heteroatoms. The highest BCUT2D eigenvalue weighted by molar-refractivity contribution is 6.20. The standard InChI is InChI=1S/C19H18N2O5/c1-25-15-9-13(10-16(11-15)26-2)20-19(24)12-4-3-5-14(8-12)21-17(22)6-7-18(21)23/h3-5,8-11H,6-7H2,1-2H3,(H,20,24). The van der Waals surface area contributed by atoms with Crippen LogP contribution in [0.1, 0.15) is 23.2 Å². The van der Waals surface area contributed by atoms with Crippen molar-refractivity contribution in [2.75, 3.05) is 24.4 Å². The van der Waals surface area contributed by atoms with Gasteiger partial charge in [0.25, 0.3) is 5.91 Å². The van der Waals surface area contributed by atoms with Crippen molar-refractivity contribution in [2.45, 2.75) is 12.8 Å². The van der Waals surface area contributed by atoms with Crippen LogP contribution in [0.5, 0.6) is 11.5 Å². The third-order valence-corrected chi connectivity index (χ3v) is 4.03. The Kier molecular flexibility index (Phi) is 4.88. The molecule has 0 saturated carbocycles. The van der Waals surface area contributed by atoms with Gasteiger partial charge in [-0.05, 0) is 18.2 Å². The number of nitrogens with zero attached hydrogens (tertiary/aromatic N) is 1. The van der Waals surface area contributed by atoms with Crippen molar-refractivity contribution < 1.29 is 23.9 Å². The molecule has 26 heavy (non-hydrogen) atoms. The molecule has 0 spiro atoms. The maximum Gasteiger partial charge on any atom is 0.255 e. The van der Waals surface area contributed by atoms with Gasteiger partial charge in [0.2, 0.25) is 11.8 Å². The Hall–Kier alpha value is -3.35. The number of hydrogen-bond acceptors (Lipinski definition) is 5. The summed E-state index contributed by atoms with van der Waals surface area (Å²) in [6, 6.07) is 11.4. The molecule has 0 aromatic heterocycles. The molecule has 3 amide bonds. The molecule has 1 heterocycles. The molecular formula is C19H18N2O5. The van der Waals surface area contributed by atoms with Crippen molar-refractivity contribution in [3.8, 4) is 11.5 Å². The average molecular weight is 354 g/mol. The number of carbonyl (C=O) groups is 3. The second kappa shape index (κ2) is 7.26. The lowest BCUT2D eigenvalue weighted by Gasteiger charge is -2.15. The number of nitrogens with one attached hydrogen (secondary N) is 1. The van der Waals surface area contributed by atoms with Gasteiger partial charge in [0.15, 0.2) is 0 Å². The van der Waals surface area contributed by atoms with Crippen LogP contribution in [0.4, 0.5) is 11.4 Å². The van der Waals surface area contributed by atoms with Crippen LogP contribution in [-0.4, -0.2) is 31.9 Å². The van der Waals surface area contributed by atoms with E-state index < -0.39 is 0 Å². The van der Waals surface area contributed by atoms with E-state index in [2.05, 4.69) is 5.32 Å². The van der Waals surface area contributed by atoms with Crippen molar-refractivity contribution in [1.82, 2.24) is 0 Å². The van der Waals surface area contributed by atoms with Gasteiger partial charge in [-0.3, -0.25) is 19.3 Å². The Balaban J connectivity index is 1.84. The van der Waals surface area contributed by atoms with Gasteiger partial charge in [-0.1, -0.05) is 6.07 Å². The Morgan fingerprint density at radius 1 is 0.962 bits per heavy atom. The lowest BCUT2D eigenvalue weighted by atomic mass is 10.1. The molecule has 0 aliphatic carbocycles. The van der Waals surface area contributed by atoms with E-state index in [1.165, 1.54) is 20.3 Å². The highest BCUT2D eigenvalue weighted by atomic mass is 16.5. The number of amides is 3. The van der Waals surface area contributed by atoms with E-state index in [1.54, 1.807) is 36.4 Å². The maximum absolute atomic E-state index is 12.6. The van der Waals surface area contributed by atoms with Crippen LogP contribution < -0.4 is 19.7 Å². The van der Waals surface area contributed by atoms with Crippen LogP contribution in [-0.2, 0) is 9.59 Å². The third-order valence-electron chi connectivity index (χ3n) is 4.03. The van der Waals surface area contributed by atoms with E-state index >= 15 is 0 Å². The Bertz CT molecular complexity index is 840. The number of imide groups is 1. The summed E-state index contributed by atoms with van der Waals surface area (Å²) in [5.41, 5.74) is 1.23. The van der Waals surface area contributed by atoms with Crippen LogP contribution >= 0.6 is 0 Å². The molecule has 1 aliphatic heterocycles. The molecule has 0 bridgehead atoms. The summed E-state index contributed by atoms with van der Waals surface area (Å²) < 4.78 is 10.4. The molecular weight excluding hydrogens is 336 g/mol. The van der Waals surface area contributed by atoms with E-state index in [1.807, 2.05) is 0 Å². The van der Waals surface area contributed by atoms with Crippen LogP contribution in [0.3, 0.4) is 0 Å². The Labute approximate surface area is 150 Å². The monoisotopic (exact) mass is 354 g/mol. The Morgan fingerprint density at radius 2 is 1.58 bits per heavy atom. The summed E-state index contributed by atoms with van der Waals surface area (Å²) in [5.74, 6) is 0.194. The highest BCUT2D eigenvalue weighted by Gasteiger charge is 2.30. The van der Waals surface area contributed by atoms with Crippen LogP contribution in [0, 0.1) is 0 Å². The summed E-state index contributed by atoms with van der Waals surface area (Å²) in [6.07, 6.45) is 0.387. The molecule has 1 N–H and O–H groups in total. The van der Waals surface area contributed by atoms with Gasteiger partial charge in [-0.25, -0.2) is 0 Å². The SMILES string of the molecule is COc1cc(NC(=O)c2cccc(N3C(=O)CCC3=O)c2)cc(OC)c1. The summed E-state index contributed by atoms with van der Waals surface area (Å²) in [7, 11) is 3.04. The first kappa shape index (κ1) is 17.5. The first-order valence-electron chi connectivity index (χ1n) is 8.02. The fourth-order valence-corrected chi connectivity index (χ4v) is 2.73. The van der Waals surface area contributed by atoms with Gasteiger partial charge >= 0.3 is 0 Å². The molecule has 1 saturated heterocycles. The van der Waals surface area contributed by atoms with E-state index in [4.69, 9.17) is 9.47 Å². The fourth-order valence-electron chi connectivity index (χ4n) is 2.73. The fraction of sp³-hybridized carbons (Fsp3) is 0.211. The summed E-state index contributed by atoms with van der Waals surface area (Å²) >= 11 is 0. The molecule has 2 aromatic rings. The molecule has 0 radical (unpaired) electrons. The molecule has 2 aromatic carbocycles. The minimum atomic E-state index is -0.374. The van der Waals surface area contributed by atoms with Crippen LogP contribution in [0.25, 0.3) is 0 Å². The zero-order valence-electron chi connectivity index (χ0n) is 14.4. The van der Waals surface area contributed by atoms with Crippen molar-refractivity contribution >= 4 is 29.1 Å². The molecule has 1 aliphatic rings.